The van der Waals surface area contributed by atoms with Gasteiger partial charge in [-0.05, 0) is 25.0 Å². The molecule has 15 heavy (non-hydrogen) atoms. The Kier molecular flexibility index (Phi) is 2.60. The van der Waals surface area contributed by atoms with Gasteiger partial charge in [-0.2, -0.15) is 0 Å². The van der Waals surface area contributed by atoms with E-state index >= 15 is 0 Å². The quantitative estimate of drug-likeness (QED) is 0.752. The van der Waals surface area contributed by atoms with Crippen LogP contribution in [-0.2, 0) is 4.74 Å². The van der Waals surface area contributed by atoms with Crippen molar-refractivity contribution in [1.29, 1.82) is 0 Å². The van der Waals surface area contributed by atoms with E-state index in [9.17, 15) is 4.79 Å². The highest BCUT2D eigenvalue weighted by molar-refractivity contribution is 5.89. The Bertz CT molecular complexity index is 390. The van der Waals surface area contributed by atoms with E-state index in [0.29, 0.717) is 6.61 Å². The Hall–Kier alpha value is -1.55. The lowest BCUT2D eigenvalue weighted by Gasteiger charge is -2.27. The second-order valence-corrected chi connectivity index (χ2v) is 3.74. The van der Waals surface area contributed by atoms with Crippen LogP contribution in [0, 0.1) is 6.92 Å². The number of cyclic esters (lactones) is 1. The van der Waals surface area contributed by atoms with Crippen molar-refractivity contribution in [2.45, 2.75) is 13.3 Å². The highest BCUT2D eigenvalue weighted by atomic mass is 16.6. The smallest absolute Gasteiger partial charge is 0.414 e. The number of quaternary nitrogens is 1. The van der Waals surface area contributed by atoms with E-state index < -0.39 is 0 Å². The summed E-state index contributed by atoms with van der Waals surface area (Å²) in [6, 6.07) is 5.80. The first kappa shape index (κ1) is 9.98. The first-order chi connectivity index (χ1) is 7.18. The molecule has 0 atom stereocenters. The summed E-state index contributed by atoms with van der Waals surface area (Å²) >= 11 is 0. The Labute approximate surface area is 88.6 Å². The Morgan fingerprint density at radius 1 is 1.47 bits per heavy atom. The van der Waals surface area contributed by atoms with Gasteiger partial charge in [0, 0.05) is 18.7 Å². The number of carbonyl (C=O) groups excluding carboxylic acids is 1. The molecular weight excluding hydrogens is 192 g/mol. The van der Waals surface area contributed by atoms with Gasteiger partial charge >= 0.3 is 6.09 Å². The molecule has 0 unspecified atom stereocenters. The molecule has 0 spiro atoms. The van der Waals surface area contributed by atoms with Gasteiger partial charge in [0.05, 0.1) is 12.3 Å². The molecule has 4 heteroatoms. The zero-order chi connectivity index (χ0) is 10.8. The SMILES string of the molecule is Cc1cc([NH3+])ccc1N1CCCOC1=O. The van der Waals surface area contributed by atoms with Gasteiger partial charge in [0.2, 0.25) is 0 Å². The molecule has 1 saturated heterocycles. The maximum Gasteiger partial charge on any atom is 0.414 e. The number of benzene rings is 1. The number of hydrogen-bond donors (Lipinski definition) is 1. The van der Waals surface area contributed by atoms with Crippen molar-refractivity contribution in [2.24, 2.45) is 0 Å². The number of anilines is 1. The zero-order valence-electron chi connectivity index (χ0n) is 8.82. The molecule has 0 aliphatic carbocycles. The molecule has 1 fully saturated rings. The fraction of sp³-hybridized carbons (Fsp3) is 0.364. The molecule has 0 radical (unpaired) electrons. The van der Waals surface area contributed by atoms with Crippen molar-refractivity contribution in [3.8, 4) is 0 Å². The van der Waals surface area contributed by atoms with E-state index in [-0.39, 0.29) is 6.09 Å². The van der Waals surface area contributed by atoms with Crippen LogP contribution in [0.2, 0.25) is 0 Å². The van der Waals surface area contributed by atoms with Crippen LogP contribution in [-0.4, -0.2) is 19.2 Å². The molecule has 1 aliphatic rings. The summed E-state index contributed by atoms with van der Waals surface area (Å²) in [6.45, 7) is 3.24. The Morgan fingerprint density at radius 3 is 2.93 bits per heavy atom. The van der Waals surface area contributed by atoms with Crippen LogP contribution in [0.4, 0.5) is 16.2 Å². The van der Waals surface area contributed by atoms with Crippen molar-refractivity contribution in [3.05, 3.63) is 23.8 Å². The molecular formula is C11H15N2O2+. The molecule has 3 N–H and O–H groups in total. The number of ether oxygens (including phenoxy) is 1. The van der Waals surface area contributed by atoms with Gasteiger partial charge in [0.1, 0.15) is 5.69 Å². The fourth-order valence-electron chi connectivity index (χ4n) is 1.79. The third-order valence-corrected chi connectivity index (χ3v) is 2.52. The summed E-state index contributed by atoms with van der Waals surface area (Å²) in [5, 5.41) is 0. The van der Waals surface area contributed by atoms with Crippen LogP contribution in [0.1, 0.15) is 12.0 Å². The predicted octanol–water partition coefficient (Wildman–Crippen LogP) is 1.22. The van der Waals surface area contributed by atoms with Gasteiger partial charge in [0.15, 0.2) is 0 Å². The lowest BCUT2D eigenvalue weighted by molar-refractivity contribution is -0.254. The lowest BCUT2D eigenvalue weighted by atomic mass is 10.1. The van der Waals surface area contributed by atoms with Crippen LogP contribution in [0.5, 0.6) is 0 Å². The number of amides is 1. The first-order valence-corrected chi connectivity index (χ1v) is 5.05. The molecule has 1 amide bonds. The van der Waals surface area contributed by atoms with E-state index in [2.05, 4.69) is 5.73 Å². The first-order valence-electron chi connectivity index (χ1n) is 5.05. The number of carbonyl (C=O) groups is 1. The van der Waals surface area contributed by atoms with Crippen LogP contribution < -0.4 is 10.6 Å². The van der Waals surface area contributed by atoms with E-state index in [0.717, 1.165) is 29.9 Å². The minimum atomic E-state index is -0.249. The largest absolute Gasteiger partial charge is 0.449 e. The molecule has 1 aromatic rings. The van der Waals surface area contributed by atoms with Crippen LogP contribution >= 0.6 is 0 Å². The van der Waals surface area contributed by atoms with E-state index in [1.54, 1.807) is 4.90 Å². The van der Waals surface area contributed by atoms with Crippen molar-refractivity contribution in [3.63, 3.8) is 0 Å². The second kappa shape index (κ2) is 3.90. The predicted molar refractivity (Wildman–Crippen MR) is 57.0 cm³/mol. The molecule has 0 saturated carbocycles. The number of aryl methyl sites for hydroxylation is 1. The monoisotopic (exact) mass is 207 g/mol. The van der Waals surface area contributed by atoms with Crippen LogP contribution in [0.25, 0.3) is 0 Å². The summed E-state index contributed by atoms with van der Waals surface area (Å²) in [6.07, 6.45) is 0.637. The molecule has 1 heterocycles. The standard InChI is InChI=1S/C11H14N2O2/c1-8-7-9(12)3-4-10(8)13-5-2-6-15-11(13)14/h3-4,7H,2,5-6,12H2,1H3/p+1. The maximum absolute atomic E-state index is 11.5. The number of hydrogen-bond acceptors (Lipinski definition) is 2. The topological polar surface area (TPSA) is 57.2 Å². The van der Waals surface area contributed by atoms with Gasteiger partial charge in [-0.25, -0.2) is 4.79 Å². The second-order valence-electron chi connectivity index (χ2n) is 3.74. The van der Waals surface area contributed by atoms with Gasteiger partial charge in [0.25, 0.3) is 0 Å². The molecule has 2 rings (SSSR count). The average molecular weight is 207 g/mol. The van der Waals surface area contributed by atoms with E-state index in [1.165, 1.54) is 0 Å². The fourth-order valence-corrected chi connectivity index (χ4v) is 1.79. The molecule has 0 aromatic heterocycles. The van der Waals surface area contributed by atoms with Gasteiger partial charge in [-0.1, -0.05) is 0 Å². The van der Waals surface area contributed by atoms with Crippen molar-refractivity contribution in [1.82, 2.24) is 0 Å². The highest BCUT2D eigenvalue weighted by Gasteiger charge is 2.22. The van der Waals surface area contributed by atoms with Gasteiger partial charge in [-0.3, -0.25) is 4.90 Å². The summed E-state index contributed by atoms with van der Waals surface area (Å²) in [5.74, 6) is 0. The summed E-state index contributed by atoms with van der Waals surface area (Å²) in [7, 11) is 0. The lowest BCUT2D eigenvalue weighted by Crippen LogP contribution is -2.41. The Morgan fingerprint density at radius 2 is 2.27 bits per heavy atom. The van der Waals surface area contributed by atoms with Gasteiger partial charge in [-0.15, -0.1) is 0 Å². The van der Waals surface area contributed by atoms with Crippen molar-refractivity contribution < 1.29 is 15.3 Å². The van der Waals surface area contributed by atoms with E-state index in [4.69, 9.17) is 4.74 Å². The molecule has 4 nitrogen and oxygen atoms in total. The molecule has 80 valence electrons. The van der Waals surface area contributed by atoms with E-state index in [1.807, 2.05) is 25.1 Å². The normalized spacial score (nSPS) is 16.4. The van der Waals surface area contributed by atoms with Crippen LogP contribution in [0.15, 0.2) is 18.2 Å². The third kappa shape index (κ3) is 1.94. The van der Waals surface area contributed by atoms with Gasteiger partial charge < -0.3 is 10.5 Å². The van der Waals surface area contributed by atoms with Crippen molar-refractivity contribution >= 4 is 17.5 Å². The third-order valence-electron chi connectivity index (χ3n) is 2.52. The average Bonchev–Trinajstić information content (AvgIpc) is 2.20. The number of rotatable bonds is 1. The van der Waals surface area contributed by atoms with Crippen LogP contribution in [0.3, 0.4) is 0 Å². The Balaban J connectivity index is 2.31. The zero-order valence-corrected chi connectivity index (χ0v) is 8.82. The summed E-state index contributed by atoms with van der Waals surface area (Å²) in [4.78, 5) is 13.2. The minimum absolute atomic E-state index is 0.249. The maximum atomic E-state index is 11.5. The molecule has 1 aliphatic heterocycles. The highest BCUT2D eigenvalue weighted by Crippen LogP contribution is 2.24. The summed E-state index contributed by atoms with van der Waals surface area (Å²) < 4.78 is 5.00. The minimum Gasteiger partial charge on any atom is -0.449 e. The summed E-state index contributed by atoms with van der Waals surface area (Å²) in [5.41, 5.74) is 6.79. The molecule has 1 aromatic carbocycles. The van der Waals surface area contributed by atoms with Crippen molar-refractivity contribution in [2.75, 3.05) is 18.1 Å². The molecule has 0 bridgehead atoms. The number of nitrogens with zero attached hydrogens (tertiary/aromatic N) is 1.